The lowest BCUT2D eigenvalue weighted by molar-refractivity contribution is 0.573. The van der Waals surface area contributed by atoms with E-state index in [0.717, 1.165) is 16.5 Å². The van der Waals surface area contributed by atoms with Crippen molar-refractivity contribution in [3.8, 4) is 0 Å². The highest BCUT2D eigenvalue weighted by atomic mass is 32.1. The number of hydrogen-bond donors (Lipinski definition) is 1. The Hall–Kier alpha value is -2.24. The molecule has 3 heterocycles. The first-order chi connectivity index (χ1) is 12.6. The van der Waals surface area contributed by atoms with Gasteiger partial charge in [0.2, 0.25) is 0 Å². The van der Waals surface area contributed by atoms with Crippen LogP contribution >= 0.6 is 23.6 Å². The molecule has 2 aromatic heterocycles. The number of aryl methyl sites for hydroxylation is 3. The monoisotopic (exact) mass is 379 g/mol. The molecule has 4 rings (SSSR count). The fraction of sp³-hybridized carbons (Fsp3) is 0.238. The minimum Gasteiger partial charge on any atom is -0.351 e. The summed E-state index contributed by atoms with van der Waals surface area (Å²) in [6.07, 6.45) is 1.84. The minimum absolute atomic E-state index is 0.0302. The van der Waals surface area contributed by atoms with Crippen molar-refractivity contribution < 1.29 is 0 Å². The molecule has 0 spiro atoms. The number of pyridine rings is 1. The van der Waals surface area contributed by atoms with Crippen molar-refractivity contribution in [2.75, 3.05) is 4.90 Å². The summed E-state index contributed by atoms with van der Waals surface area (Å²) in [6, 6.07) is 14.9. The molecule has 132 valence electrons. The molecular weight excluding hydrogens is 358 g/mol. The predicted octanol–water partition coefficient (Wildman–Crippen LogP) is 5.25. The fourth-order valence-electron chi connectivity index (χ4n) is 3.46. The lowest BCUT2D eigenvalue weighted by Gasteiger charge is -2.28. The molecule has 1 saturated heterocycles. The van der Waals surface area contributed by atoms with Crippen LogP contribution in [0.15, 0.2) is 54.0 Å². The second kappa shape index (κ2) is 6.82. The Labute approximate surface area is 163 Å². The van der Waals surface area contributed by atoms with E-state index < -0.39 is 0 Å². The Balaban J connectivity index is 1.85. The Morgan fingerprint density at radius 1 is 1.04 bits per heavy atom. The Morgan fingerprint density at radius 3 is 2.54 bits per heavy atom. The molecule has 1 N–H and O–H groups in total. The lowest BCUT2D eigenvalue weighted by atomic mass is 10.00. The van der Waals surface area contributed by atoms with Gasteiger partial charge in [-0.05, 0) is 85.4 Å². The zero-order chi connectivity index (χ0) is 18.3. The predicted molar refractivity (Wildman–Crippen MR) is 113 cm³/mol. The summed E-state index contributed by atoms with van der Waals surface area (Å²) in [6.45, 7) is 6.45. The molecule has 3 aromatic rings. The summed E-state index contributed by atoms with van der Waals surface area (Å²) in [5, 5.41) is 6.42. The number of nitrogens with zero attached hydrogens (tertiary/aromatic N) is 2. The van der Waals surface area contributed by atoms with E-state index in [1.807, 2.05) is 18.3 Å². The molecule has 5 heteroatoms. The summed E-state index contributed by atoms with van der Waals surface area (Å²) in [5.41, 5.74) is 5.99. The molecule has 0 amide bonds. The summed E-state index contributed by atoms with van der Waals surface area (Å²) in [7, 11) is 0. The largest absolute Gasteiger partial charge is 0.351 e. The molecular formula is C21H21N3S2. The van der Waals surface area contributed by atoms with Crippen LogP contribution in [0.4, 0.5) is 5.69 Å². The van der Waals surface area contributed by atoms with Crippen molar-refractivity contribution >= 4 is 34.4 Å². The van der Waals surface area contributed by atoms with Gasteiger partial charge in [0, 0.05) is 16.8 Å². The quantitative estimate of drug-likeness (QED) is 0.630. The Kier molecular flexibility index (Phi) is 4.51. The van der Waals surface area contributed by atoms with E-state index in [1.165, 1.54) is 21.6 Å². The first kappa shape index (κ1) is 17.2. The van der Waals surface area contributed by atoms with Crippen molar-refractivity contribution in [3.63, 3.8) is 0 Å². The van der Waals surface area contributed by atoms with Gasteiger partial charge in [-0.3, -0.25) is 4.98 Å². The van der Waals surface area contributed by atoms with Crippen LogP contribution in [0.1, 0.15) is 39.3 Å². The van der Waals surface area contributed by atoms with Crippen LogP contribution in [0.5, 0.6) is 0 Å². The molecule has 0 unspecified atom stereocenters. The number of aromatic nitrogens is 1. The summed E-state index contributed by atoms with van der Waals surface area (Å²) in [4.78, 5) is 8.18. The fourth-order valence-corrected chi connectivity index (χ4v) is 4.86. The maximum atomic E-state index is 5.76. The highest BCUT2D eigenvalue weighted by Gasteiger charge is 2.41. The first-order valence-corrected chi connectivity index (χ1v) is 9.97. The first-order valence-electron chi connectivity index (χ1n) is 8.68. The maximum absolute atomic E-state index is 5.76. The standard InChI is InChI=1S/C21H21N3S2/c1-13-7-8-16(12-15(13)3)24-19(20-14(2)9-11-26-20)18(23-21(24)25)17-6-4-5-10-22-17/h4-12,18-19H,1-3H3,(H,23,25)/t18-,19+/m0/s1. The van der Waals surface area contributed by atoms with Gasteiger partial charge in [0.1, 0.15) is 0 Å². The van der Waals surface area contributed by atoms with Gasteiger partial charge in [-0.25, -0.2) is 0 Å². The van der Waals surface area contributed by atoms with Crippen molar-refractivity contribution in [1.29, 1.82) is 0 Å². The highest BCUT2D eigenvalue weighted by Crippen LogP contribution is 2.44. The van der Waals surface area contributed by atoms with Crippen LogP contribution in [0, 0.1) is 20.8 Å². The van der Waals surface area contributed by atoms with Crippen molar-refractivity contribution in [2.24, 2.45) is 0 Å². The van der Waals surface area contributed by atoms with Crippen molar-refractivity contribution in [1.82, 2.24) is 10.3 Å². The van der Waals surface area contributed by atoms with Gasteiger partial charge >= 0.3 is 0 Å². The Bertz CT molecular complexity index is 949. The molecule has 1 aliphatic heterocycles. The molecule has 2 atom stereocenters. The molecule has 0 bridgehead atoms. The van der Waals surface area contributed by atoms with Crippen LogP contribution in [0.2, 0.25) is 0 Å². The van der Waals surface area contributed by atoms with E-state index in [4.69, 9.17) is 12.2 Å². The lowest BCUT2D eigenvalue weighted by Crippen LogP contribution is -2.29. The van der Waals surface area contributed by atoms with Gasteiger partial charge in [0.25, 0.3) is 0 Å². The van der Waals surface area contributed by atoms with Gasteiger partial charge in [-0.1, -0.05) is 12.1 Å². The molecule has 1 aliphatic rings. The third-order valence-electron chi connectivity index (χ3n) is 5.04. The topological polar surface area (TPSA) is 28.2 Å². The Morgan fingerprint density at radius 2 is 1.88 bits per heavy atom. The van der Waals surface area contributed by atoms with Gasteiger partial charge in [0.05, 0.1) is 17.8 Å². The number of thiophene rings is 1. The van der Waals surface area contributed by atoms with Gasteiger partial charge < -0.3 is 10.2 Å². The van der Waals surface area contributed by atoms with Crippen molar-refractivity contribution in [2.45, 2.75) is 32.9 Å². The zero-order valence-corrected chi connectivity index (χ0v) is 16.7. The summed E-state index contributed by atoms with van der Waals surface area (Å²) in [5.74, 6) is 0. The maximum Gasteiger partial charge on any atom is 0.174 e. The molecule has 0 saturated carbocycles. The number of nitrogens with one attached hydrogen (secondary N) is 1. The van der Waals surface area contributed by atoms with Crippen LogP contribution in [0.3, 0.4) is 0 Å². The zero-order valence-electron chi connectivity index (χ0n) is 15.1. The second-order valence-electron chi connectivity index (χ2n) is 6.73. The number of thiocarbonyl (C=S) groups is 1. The molecule has 26 heavy (non-hydrogen) atoms. The van der Waals surface area contributed by atoms with E-state index >= 15 is 0 Å². The van der Waals surface area contributed by atoms with E-state index in [-0.39, 0.29) is 12.1 Å². The van der Waals surface area contributed by atoms with Crippen molar-refractivity contribution in [3.05, 3.63) is 81.3 Å². The smallest absolute Gasteiger partial charge is 0.174 e. The normalized spacial score (nSPS) is 19.7. The van der Waals surface area contributed by atoms with E-state index in [9.17, 15) is 0 Å². The summed E-state index contributed by atoms with van der Waals surface area (Å²) < 4.78 is 0. The van der Waals surface area contributed by atoms with E-state index in [2.05, 4.69) is 71.7 Å². The van der Waals surface area contributed by atoms with Crippen LogP contribution in [0.25, 0.3) is 0 Å². The van der Waals surface area contributed by atoms with E-state index in [1.54, 1.807) is 11.3 Å². The second-order valence-corrected chi connectivity index (χ2v) is 8.07. The van der Waals surface area contributed by atoms with Gasteiger partial charge in [-0.15, -0.1) is 11.3 Å². The molecule has 1 fully saturated rings. The van der Waals surface area contributed by atoms with E-state index in [0.29, 0.717) is 0 Å². The molecule has 0 aliphatic carbocycles. The summed E-state index contributed by atoms with van der Waals surface area (Å²) >= 11 is 7.55. The number of anilines is 1. The molecule has 3 nitrogen and oxygen atoms in total. The number of hydrogen-bond acceptors (Lipinski definition) is 3. The third-order valence-corrected chi connectivity index (χ3v) is 6.44. The van der Waals surface area contributed by atoms with Gasteiger partial charge in [-0.2, -0.15) is 0 Å². The molecule has 1 aromatic carbocycles. The van der Waals surface area contributed by atoms with Crippen LogP contribution < -0.4 is 10.2 Å². The van der Waals surface area contributed by atoms with Crippen LogP contribution in [-0.2, 0) is 0 Å². The van der Waals surface area contributed by atoms with Gasteiger partial charge in [0.15, 0.2) is 5.11 Å². The third kappa shape index (κ3) is 2.91. The number of rotatable bonds is 3. The highest BCUT2D eigenvalue weighted by molar-refractivity contribution is 7.80. The minimum atomic E-state index is 0.0302. The SMILES string of the molecule is Cc1ccc(N2C(=S)N[C@@H](c3ccccn3)[C@@H]2c2sccc2C)cc1C. The van der Waals surface area contributed by atoms with Crippen LogP contribution in [-0.4, -0.2) is 10.1 Å². The average molecular weight is 380 g/mol. The average Bonchev–Trinajstić information content (AvgIpc) is 3.21. The molecule has 0 radical (unpaired) electrons. The number of benzene rings is 1.